The van der Waals surface area contributed by atoms with E-state index >= 15 is 0 Å². The second kappa shape index (κ2) is 8.19. The van der Waals surface area contributed by atoms with Crippen LogP contribution in [0.25, 0.3) is 0 Å². The third-order valence-corrected chi connectivity index (χ3v) is 7.12. The van der Waals surface area contributed by atoms with Crippen LogP contribution in [0.4, 0.5) is 0 Å². The van der Waals surface area contributed by atoms with E-state index in [1.54, 1.807) is 0 Å². The number of fused-ring (bicyclic) bond motifs is 1. The highest BCUT2D eigenvalue weighted by Gasteiger charge is 2.53. The minimum absolute atomic E-state index is 0.115. The highest BCUT2D eigenvalue weighted by atomic mass is 32.5. The van der Waals surface area contributed by atoms with Crippen LogP contribution in [0.5, 0.6) is 0 Å². The van der Waals surface area contributed by atoms with Crippen LogP contribution in [0.15, 0.2) is 0 Å². The Hall–Kier alpha value is -0.130. The minimum atomic E-state index is -4.93. The fourth-order valence-corrected chi connectivity index (χ4v) is 5.57. The van der Waals surface area contributed by atoms with E-state index in [-0.39, 0.29) is 12.6 Å². The van der Waals surface area contributed by atoms with Crippen LogP contribution < -0.4 is 21.7 Å². The Morgan fingerprint density at radius 1 is 1.32 bits per heavy atom. The van der Waals surface area contributed by atoms with Crippen LogP contribution in [0.3, 0.4) is 0 Å². The second-order valence-electron chi connectivity index (χ2n) is 6.33. The number of nitrogens with two attached hydrogens (primary N) is 1. The minimum Gasteiger partial charge on any atom is -0.387 e. The molecule has 3 heterocycles. The lowest BCUT2D eigenvalue weighted by atomic mass is 10.1. The van der Waals surface area contributed by atoms with Crippen molar-refractivity contribution in [2.24, 2.45) is 5.73 Å². The molecule has 18 heteroatoms. The number of aliphatic hydroxyl groups is 2. The molecule has 0 spiro atoms. The van der Waals surface area contributed by atoms with Crippen molar-refractivity contribution in [2.75, 3.05) is 13.3 Å². The van der Waals surface area contributed by atoms with E-state index < -0.39 is 64.2 Å². The molecule has 0 saturated carbocycles. The fourth-order valence-electron chi connectivity index (χ4n) is 3.22. The van der Waals surface area contributed by atoms with Crippen LogP contribution >= 0.6 is 14.5 Å². The lowest BCUT2D eigenvalue weighted by Crippen LogP contribution is -2.71. The van der Waals surface area contributed by atoms with Crippen molar-refractivity contribution in [2.45, 2.75) is 43.0 Å². The summed E-state index contributed by atoms with van der Waals surface area (Å²) in [5, 5.41) is 28.8. The number of ether oxygens (including phenoxy) is 1. The largest absolute Gasteiger partial charge is 0.479 e. The van der Waals surface area contributed by atoms with Crippen molar-refractivity contribution in [3.8, 4) is 0 Å². The molecule has 0 aromatic rings. The van der Waals surface area contributed by atoms with Gasteiger partial charge in [-0.1, -0.05) is 0 Å². The SMILES string of the molecule is NC1NC(=O)C2NCN([C@@H]3O[C@H](COP(=O)(O)OP(O)(O)=S)[C@@H](O)[C@H]3O)C2N1. The molecule has 0 aromatic carbocycles. The molecule has 0 radical (unpaired) electrons. The van der Waals surface area contributed by atoms with E-state index in [0.29, 0.717) is 0 Å². The van der Waals surface area contributed by atoms with Gasteiger partial charge in [0, 0.05) is 0 Å². The molecule has 0 bridgehead atoms. The lowest BCUT2D eigenvalue weighted by Gasteiger charge is -2.37. The number of carbonyl (C=O) groups excluding carboxylic acids is 1. The van der Waals surface area contributed by atoms with Crippen LogP contribution in [0, 0.1) is 0 Å². The average Bonchev–Trinajstić information content (AvgIpc) is 3.06. The molecule has 3 aliphatic heterocycles. The lowest BCUT2D eigenvalue weighted by molar-refractivity contribution is -0.133. The Bertz CT molecular complexity index is 712. The maximum Gasteiger partial charge on any atom is 0.479 e. The molecule has 3 aliphatic rings. The summed E-state index contributed by atoms with van der Waals surface area (Å²) >= 11 is 4.09. The average molecular weight is 465 g/mol. The molecule has 0 aromatic heterocycles. The number of aliphatic hydroxyl groups excluding tert-OH is 2. The van der Waals surface area contributed by atoms with Gasteiger partial charge in [0.1, 0.15) is 36.9 Å². The van der Waals surface area contributed by atoms with Gasteiger partial charge in [0.2, 0.25) is 5.91 Å². The summed E-state index contributed by atoms with van der Waals surface area (Å²) in [7, 11) is -4.93. The Morgan fingerprint density at radius 3 is 2.64 bits per heavy atom. The third-order valence-electron chi connectivity index (χ3n) is 4.37. The number of nitrogens with zero attached hydrogens (tertiary/aromatic N) is 1. The first-order chi connectivity index (χ1) is 12.9. The van der Waals surface area contributed by atoms with E-state index in [1.165, 1.54) is 4.90 Å². The smallest absolute Gasteiger partial charge is 0.387 e. The number of nitrogens with one attached hydrogen (secondary N) is 3. The highest BCUT2D eigenvalue weighted by Crippen LogP contribution is 2.57. The molecule has 15 nitrogen and oxygen atoms in total. The number of hydrogen-bond donors (Lipinski definition) is 9. The van der Waals surface area contributed by atoms with Crippen LogP contribution in [-0.2, 0) is 34.7 Å². The summed E-state index contributed by atoms with van der Waals surface area (Å²) in [6, 6.07) is -0.674. The molecule has 3 saturated heterocycles. The van der Waals surface area contributed by atoms with Gasteiger partial charge in [-0.3, -0.25) is 25.7 Å². The number of amides is 1. The Morgan fingerprint density at radius 2 is 2.00 bits per heavy atom. The summed E-state index contributed by atoms with van der Waals surface area (Å²) in [5.41, 5.74) is 5.69. The monoisotopic (exact) mass is 465 g/mol. The van der Waals surface area contributed by atoms with Gasteiger partial charge >= 0.3 is 14.5 Å². The standard InChI is InChI=1S/C10H21N5O10P2S/c11-10-13-7-4(8(18)14-10)12-2-15(7)9-6(17)5(16)3(24-9)1-23-26(19,20)25-27(21,22)28/h3-7,9-10,12-13,16-17H,1-2,11H2,(H,14,18)(H,19,20)(H2,21,22,28)/t3-,4?,5-,6-,7?,9-,10?/m1/s1. The Labute approximate surface area is 163 Å². The Balaban J connectivity index is 1.64. The molecular formula is C10H21N5O10P2S. The quantitative estimate of drug-likeness (QED) is 0.168. The Kier molecular flexibility index (Phi) is 6.59. The van der Waals surface area contributed by atoms with Gasteiger partial charge < -0.3 is 34.9 Å². The predicted molar refractivity (Wildman–Crippen MR) is 92.9 cm³/mol. The van der Waals surface area contributed by atoms with Gasteiger partial charge in [0.15, 0.2) is 0 Å². The van der Waals surface area contributed by atoms with Gasteiger partial charge in [-0.15, -0.1) is 0 Å². The zero-order valence-electron chi connectivity index (χ0n) is 14.1. The van der Waals surface area contributed by atoms with Crippen LogP contribution in [0.1, 0.15) is 0 Å². The van der Waals surface area contributed by atoms with Gasteiger partial charge in [-0.05, 0) is 11.8 Å². The summed E-state index contributed by atoms with van der Waals surface area (Å²) in [4.78, 5) is 40.8. The van der Waals surface area contributed by atoms with E-state index in [1.807, 2.05) is 0 Å². The van der Waals surface area contributed by atoms with Crippen LogP contribution in [0.2, 0.25) is 0 Å². The molecule has 3 fully saturated rings. The van der Waals surface area contributed by atoms with Crippen molar-refractivity contribution < 1.29 is 47.8 Å². The third kappa shape index (κ3) is 4.95. The number of carbonyl (C=O) groups is 1. The van der Waals surface area contributed by atoms with E-state index in [2.05, 4.69) is 36.6 Å². The number of rotatable bonds is 6. The van der Waals surface area contributed by atoms with Gasteiger partial charge in [0.05, 0.1) is 19.4 Å². The molecule has 1 amide bonds. The molecule has 3 rings (SSSR count). The second-order valence-corrected chi connectivity index (χ2v) is 10.6. The number of hydrogen-bond acceptors (Lipinski definition) is 12. The molecule has 10 N–H and O–H groups in total. The topological polar surface area (TPSA) is 228 Å². The molecule has 28 heavy (non-hydrogen) atoms. The predicted octanol–water partition coefficient (Wildman–Crippen LogP) is -4.71. The summed E-state index contributed by atoms with van der Waals surface area (Å²) < 4.78 is 25.7. The van der Waals surface area contributed by atoms with Crippen molar-refractivity contribution in [1.82, 2.24) is 20.9 Å². The van der Waals surface area contributed by atoms with Crippen LogP contribution in [-0.4, -0.2) is 92.0 Å². The zero-order chi connectivity index (χ0) is 20.9. The first-order valence-electron chi connectivity index (χ1n) is 7.95. The molecule has 0 aliphatic carbocycles. The maximum absolute atomic E-state index is 12.0. The van der Waals surface area contributed by atoms with Gasteiger partial charge in [0.25, 0.3) is 0 Å². The van der Waals surface area contributed by atoms with E-state index in [0.717, 1.165) is 0 Å². The number of phosphoric ester groups is 1. The van der Waals surface area contributed by atoms with E-state index in [4.69, 9.17) is 20.3 Å². The summed E-state index contributed by atoms with van der Waals surface area (Å²) in [6.45, 7) is -5.07. The zero-order valence-corrected chi connectivity index (χ0v) is 16.7. The highest BCUT2D eigenvalue weighted by molar-refractivity contribution is 8.08. The first-order valence-corrected chi connectivity index (χ1v) is 12.1. The van der Waals surface area contributed by atoms with E-state index in [9.17, 15) is 24.5 Å². The van der Waals surface area contributed by atoms with Crippen molar-refractivity contribution in [1.29, 1.82) is 0 Å². The number of phosphoric acid groups is 1. The van der Waals surface area contributed by atoms with Crippen molar-refractivity contribution in [3.63, 3.8) is 0 Å². The molecular weight excluding hydrogens is 444 g/mol. The summed E-state index contributed by atoms with van der Waals surface area (Å²) in [6.07, 6.45) is -6.78. The van der Waals surface area contributed by atoms with Gasteiger partial charge in [-0.25, -0.2) is 13.8 Å². The molecule has 8 atom stereocenters. The normalized spacial score (nSPS) is 41.5. The van der Waals surface area contributed by atoms with Crippen molar-refractivity contribution in [3.05, 3.63) is 0 Å². The molecule has 162 valence electrons. The summed E-state index contributed by atoms with van der Waals surface area (Å²) in [5.74, 6) is -0.353. The van der Waals surface area contributed by atoms with Crippen molar-refractivity contribution >= 4 is 32.3 Å². The van der Waals surface area contributed by atoms with Gasteiger partial charge in [-0.2, -0.15) is 0 Å². The molecule has 4 unspecified atom stereocenters. The maximum atomic E-state index is 12.0. The fraction of sp³-hybridized carbons (Fsp3) is 0.900. The first kappa shape index (κ1) is 22.6.